The Bertz CT molecular complexity index is 877. The van der Waals surface area contributed by atoms with Crippen LogP contribution in [0.1, 0.15) is 18.9 Å². The maximum atomic E-state index is 9.77. The van der Waals surface area contributed by atoms with Crippen molar-refractivity contribution in [1.82, 2.24) is 9.97 Å². The van der Waals surface area contributed by atoms with E-state index in [1.807, 2.05) is 18.4 Å². The number of phenols is 1. The normalized spacial score (nSPS) is 11.7. The molecule has 2 N–H and O–H groups in total. The molecule has 6 heteroatoms. The van der Waals surface area contributed by atoms with E-state index in [-0.39, 0.29) is 11.8 Å². The SMILES string of the molecule is CC(CC#Cc1c(O)cccc1Cl)Nc1ncnc2sccc12. The van der Waals surface area contributed by atoms with E-state index >= 15 is 0 Å². The molecule has 1 atom stereocenters. The van der Waals surface area contributed by atoms with Gasteiger partial charge in [-0.25, -0.2) is 9.97 Å². The van der Waals surface area contributed by atoms with Gasteiger partial charge in [-0.15, -0.1) is 11.3 Å². The lowest BCUT2D eigenvalue weighted by Crippen LogP contribution is -2.15. The summed E-state index contributed by atoms with van der Waals surface area (Å²) < 4.78 is 0. The van der Waals surface area contributed by atoms with Crippen molar-refractivity contribution in [3.8, 4) is 17.6 Å². The number of nitrogens with zero attached hydrogens (tertiary/aromatic N) is 2. The van der Waals surface area contributed by atoms with Crippen LogP contribution in [0, 0.1) is 11.8 Å². The first-order chi connectivity index (χ1) is 11.1. The summed E-state index contributed by atoms with van der Waals surface area (Å²) in [6.07, 6.45) is 2.15. The number of nitrogens with one attached hydrogen (secondary N) is 1. The van der Waals surface area contributed by atoms with Gasteiger partial charge in [0, 0.05) is 12.5 Å². The number of anilines is 1. The molecule has 0 saturated heterocycles. The average molecular weight is 344 g/mol. The standard InChI is InChI=1S/C17H14ClN3OS/c1-11(4-2-5-12-14(18)6-3-7-15(12)22)21-16-13-8-9-23-17(13)20-10-19-16/h3,6-11,22H,4H2,1H3,(H,19,20,21). The zero-order valence-electron chi connectivity index (χ0n) is 12.4. The van der Waals surface area contributed by atoms with Gasteiger partial charge in [0.15, 0.2) is 0 Å². The fraction of sp³-hybridized carbons (Fsp3) is 0.176. The molecule has 1 aromatic carbocycles. The maximum Gasteiger partial charge on any atom is 0.138 e. The highest BCUT2D eigenvalue weighted by Gasteiger charge is 2.07. The average Bonchev–Trinajstić information content (AvgIpc) is 3.00. The molecule has 3 aromatic rings. The molecule has 23 heavy (non-hydrogen) atoms. The molecule has 0 aliphatic carbocycles. The summed E-state index contributed by atoms with van der Waals surface area (Å²) in [5, 5.41) is 16.6. The molecule has 4 nitrogen and oxygen atoms in total. The fourth-order valence-corrected chi connectivity index (χ4v) is 3.07. The molecular formula is C17H14ClN3OS. The molecule has 2 heterocycles. The second-order valence-corrected chi connectivity index (χ2v) is 6.35. The summed E-state index contributed by atoms with van der Waals surface area (Å²) in [5.41, 5.74) is 0.462. The van der Waals surface area contributed by atoms with Gasteiger partial charge >= 0.3 is 0 Å². The Kier molecular flexibility index (Phi) is 4.65. The molecule has 0 spiro atoms. The topological polar surface area (TPSA) is 58.0 Å². The number of halogens is 1. The Balaban J connectivity index is 1.70. The number of rotatable bonds is 3. The number of hydrogen-bond acceptors (Lipinski definition) is 5. The zero-order valence-corrected chi connectivity index (χ0v) is 13.9. The maximum absolute atomic E-state index is 9.77. The second kappa shape index (κ2) is 6.86. The number of hydrogen-bond donors (Lipinski definition) is 2. The third kappa shape index (κ3) is 3.55. The van der Waals surface area contributed by atoms with Crippen molar-refractivity contribution in [2.45, 2.75) is 19.4 Å². The zero-order chi connectivity index (χ0) is 16.2. The number of benzene rings is 1. The van der Waals surface area contributed by atoms with Crippen LogP contribution >= 0.6 is 22.9 Å². The van der Waals surface area contributed by atoms with E-state index in [1.165, 1.54) is 0 Å². The minimum Gasteiger partial charge on any atom is -0.507 e. The van der Waals surface area contributed by atoms with Gasteiger partial charge in [-0.2, -0.15) is 0 Å². The number of aromatic nitrogens is 2. The van der Waals surface area contributed by atoms with E-state index < -0.39 is 0 Å². The molecule has 0 radical (unpaired) electrons. The lowest BCUT2D eigenvalue weighted by molar-refractivity contribution is 0.474. The van der Waals surface area contributed by atoms with E-state index in [2.05, 4.69) is 27.1 Å². The molecule has 1 unspecified atom stereocenters. The monoisotopic (exact) mass is 343 g/mol. The van der Waals surface area contributed by atoms with Gasteiger partial charge in [-0.3, -0.25) is 0 Å². The van der Waals surface area contributed by atoms with Gasteiger partial charge in [0.05, 0.1) is 16.0 Å². The van der Waals surface area contributed by atoms with Crippen LogP contribution in [-0.2, 0) is 0 Å². The first kappa shape index (κ1) is 15.6. The van der Waals surface area contributed by atoms with Crippen LogP contribution in [0.5, 0.6) is 5.75 Å². The van der Waals surface area contributed by atoms with Crippen molar-refractivity contribution in [1.29, 1.82) is 0 Å². The van der Waals surface area contributed by atoms with Crippen molar-refractivity contribution in [2.24, 2.45) is 0 Å². The van der Waals surface area contributed by atoms with Crippen molar-refractivity contribution < 1.29 is 5.11 Å². The molecule has 0 bridgehead atoms. The lowest BCUT2D eigenvalue weighted by Gasteiger charge is -2.11. The third-order valence-electron chi connectivity index (χ3n) is 3.26. The number of aromatic hydroxyl groups is 1. The van der Waals surface area contributed by atoms with Gasteiger partial charge in [-0.05, 0) is 30.5 Å². The van der Waals surface area contributed by atoms with Gasteiger partial charge in [0.25, 0.3) is 0 Å². The molecule has 2 aromatic heterocycles. The molecule has 0 aliphatic rings. The molecule has 0 amide bonds. The van der Waals surface area contributed by atoms with E-state index in [4.69, 9.17) is 11.6 Å². The third-order valence-corrected chi connectivity index (χ3v) is 4.39. The largest absolute Gasteiger partial charge is 0.507 e. The highest BCUT2D eigenvalue weighted by molar-refractivity contribution is 7.16. The van der Waals surface area contributed by atoms with Gasteiger partial charge < -0.3 is 10.4 Å². The molecule has 3 rings (SSSR count). The van der Waals surface area contributed by atoms with Crippen molar-refractivity contribution in [2.75, 3.05) is 5.32 Å². The quantitative estimate of drug-likeness (QED) is 0.696. The Morgan fingerprint density at radius 1 is 1.35 bits per heavy atom. The Labute approximate surface area is 143 Å². The van der Waals surface area contributed by atoms with Gasteiger partial charge in [0.2, 0.25) is 0 Å². The summed E-state index contributed by atoms with van der Waals surface area (Å²) in [7, 11) is 0. The smallest absolute Gasteiger partial charge is 0.138 e. The molecule has 0 saturated carbocycles. The van der Waals surface area contributed by atoms with Crippen molar-refractivity contribution in [3.63, 3.8) is 0 Å². The van der Waals surface area contributed by atoms with E-state index in [0.29, 0.717) is 17.0 Å². The van der Waals surface area contributed by atoms with E-state index in [9.17, 15) is 5.11 Å². The molecular weight excluding hydrogens is 330 g/mol. The van der Waals surface area contributed by atoms with Crippen LogP contribution in [0.3, 0.4) is 0 Å². The van der Waals surface area contributed by atoms with E-state index in [1.54, 1.807) is 35.9 Å². The van der Waals surface area contributed by atoms with Crippen LogP contribution in [0.2, 0.25) is 5.02 Å². The Hall–Kier alpha value is -2.29. The molecule has 0 fully saturated rings. The van der Waals surface area contributed by atoms with Crippen molar-refractivity contribution in [3.05, 3.63) is 46.6 Å². The number of thiophene rings is 1. The van der Waals surface area contributed by atoms with Crippen molar-refractivity contribution >= 4 is 39.0 Å². The lowest BCUT2D eigenvalue weighted by atomic mass is 10.1. The minimum atomic E-state index is 0.0985. The predicted molar refractivity (Wildman–Crippen MR) is 95.1 cm³/mol. The number of fused-ring (bicyclic) bond motifs is 1. The predicted octanol–water partition coefficient (Wildman–Crippen LogP) is 4.29. The summed E-state index contributed by atoms with van der Waals surface area (Å²) >= 11 is 7.62. The minimum absolute atomic E-state index is 0.0985. The van der Waals surface area contributed by atoms with Crippen LogP contribution in [0.4, 0.5) is 5.82 Å². The van der Waals surface area contributed by atoms with E-state index in [0.717, 1.165) is 16.0 Å². The Morgan fingerprint density at radius 3 is 3.04 bits per heavy atom. The highest BCUT2D eigenvalue weighted by Crippen LogP contribution is 2.25. The summed E-state index contributed by atoms with van der Waals surface area (Å²) in [5.74, 6) is 6.88. The molecule has 116 valence electrons. The first-order valence-electron chi connectivity index (χ1n) is 7.06. The summed E-state index contributed by atoms with van der Waals surface area (Å²) in [6.45, 7) is 2.03. The van der Waals surface area contributed by atoms with Crippen LogP contribution in [0.25, 0.3) is 10.2 Å². The first-order valence-corrected chi connectivity index (χ1v) is 8.32. The van der Waals surface area contributed by atoms with Gasteiger partial charge in [0.1, 0.15) is 22.7 Å². The highest BCUT2D eigenvalue weighted by atomic mass is 35.5. The number of phenolic OH excluding ortho intramolecular Hbond substituents is 1. The second-order valence-electron chi connectivity index (χ2n) is 5.05. The summed E-state index contributed by atoms with van der Waals surface area (Å²) in [4.78, 5) is 9.48. The fourth-order valence-electron chi connectivity index (χ4n) is 2.12. The van der Waals surface area contributed by atoms with Crippen LogP contribution in [-0.4, -0.2) is 21.1 Å². The Morgan fingerprint density at radius 2 is 2.22 bits per heavy atom. The van der Waals surface area contributed by atoms with Gasteiger partial charge in [-0.1, -0.05) is 29.5 Å². The summed E-state index contributed by atoms with van der Waals surface area (Å²) in [6, 6.07) is 7.08. The van der Waals surface area contributed by atoms with Crippen LogP contribution in [0.15, 0.2) is 36.0 Å². The van der Waals surface area contributed by atoms with Crippen LogP contribution < -0.4 is 5.32 Å². The molecule has 0 aliphatic heterocycles.